The molecular weight excluding hydrogens is 256 g/mol. The second-order valence-corrected chi connectivity index (χ2v) is 4.86. The molecule has 0 saturated heterocycles. The van der Waals surface area contributed by atoms with E-state index < -0.39 is 0 Å². The molecule has 0 radical (unpaired) electrons. The number of nitrogens with two attached hydrogens (primary N) is 1. The van der Waals surface area contributed by atoms with Gasteiger partial charge in [0.05, 0.1) is 19.8 Å². The summed E-state index contributed by atoms with van der Waals surface area (Å²) in [7, 11) is 0. The topological polar surface area (TPSA) is 64.8 Å². The van der Waals surface area contributed by atoms with Crippen LogP contribution in [0.3, 0.4) is 0 Å². The zero-order chi connectivity index (χ0) is 14.5. The maximum Gasteiger partial charge on any atom is 0.231 e. The van der Waals surface area contributed by atoms with Crippen LogP contribution in [0.1, 0.15) is 25.0 Å². The third-order valence-corrected chi connectivity index (χ3v) is 3.34. The highest BCUT2D eigenvalue weighted by atomic mass is 16.5. The van der Waals surface area contributed by atoms with Crippen molar-refractivity contribution in [3.05, 3.63) is 23.3 Å². The molecular formula is C15H22N2O3. The van der Waals surface area contributed by atoms with Gasteiger partial charge in [-0.2, -0.15) is 0 Å². The standard InChI is InChI=1S/C15H22N2O3/c1-3-19-13-7-11-5-6-17(10-15(16)18)9-12(11)8-14(13)20-4-2/h7-8H,3-6,9-10H2,1-2H3,(H2,16,18). The van der Waals surface area contributed by atoms with Crippen molar-refractivity contribution in [2.24, 2.45) is 5.73 Å². The molecule has 2 rings (SSSR count). The molecule has 2 N–H and O–H groups in total. The van der Waals surface area contributed by atoms with Crippen LogP contribution in [0.4, 0.5) is 0 Å². The van der Waals surface area contributed by atoms with E-state index in [-0.39, 0.29) is 5.91 Å². The predicted octanol–water partition coefficient (Wildman–Crippen LogP) is 1.33. The quantitative estimate of drug-likeness (QED) is 0.852. The summed E-state index contributed by atoms with van der Waals surface area (Å²) < 4.78 is 11.3. The van der Waals surface area contributed by atoms with Gasteiger partial charge in [0.1, 0.15) is 0 Å². The fourth-order valence-corrected chi connectivity index (χ4v) is 2.51. The van der Waals surface area contributed by atoms with Crippen LogP contribution in [0.5, 0.6) is 11.5 Å². The van der Waals surface area contributed by atoms with Gasteiger partial charge < -0.3 is 15.2 Å². The summed E-state index contributed by atoms with van der Waals surface area (Å²) >= 11 is 0. The zero-order valence-corrected chi connectivity index (χ0v) is 12.1. The van der Waals surface area contributed by atoms with Crippen molar-refractivity contribution in [3.8, 4) is 11.5 Å². The normalized spacial score (nSPS) is 14.7. The first-order chi connectivity index (χ1) is 9.63. The van der Waals surface area contributed by atoms with Gasteiger partial charge in [0, 0.05) is 13.1 Å². The Balaban J connectivity index is 2.23. The maximum absolute atomic E-state index is 11.0. The number of carbonyl (C=O) groups is 1. The van der Waals surface area contributed by atoms with Gasteiger partial charge >= 0.3 is 0 Å². The molecule has 0 fully saturated rings. The van der Waals surface area contributed by atoms with E-state index in [2.05, 4.69) is 11.0 Å². The number of carbonyl (C=O) groups excluding carboxylic acids is 1. The lowest BCUT2D eigenvalue weighted by atomic mass is 9.99. The van der Waals surface area contributed by atoms with Gasteiger partial charge in [0.25, 0.3) is 0 Å². The third-order valence-electron chi connectivity index (χ3n) is 3.34. The van der Waals surface area contributed by atoms with Gasteiger partial charge in [0.2, 0.25) is 5.91 Å². The van der Waals surface area contributed by atoms with Gasteiger partial charge in [-0.25, -0.2) is 0 Å². The molecule has 0 spiro atoms. The molecule has 20 heavy (non-hydrogen) atoms. The Morgan fingerprint density at radius 3 is 2.35 bits per heavy atom. The lowest BCUT2D eigenvalue weighted by molar-refractivity contribution is -0.119. The first kappa shape index (κ1) is 14.7. The van der Waals surface area contributed by atoms with E-state index in [1.165, 1.54) is 11.1 Å². The molecule has 1 aromatic carbocycles. The van der Waals surface area contributed by atoms with E-state index in [9.17, 15) is 4.79 Å². The molecule has 0 bridgehead atoms. The maximum atomic E-state index is 11.0. The van der Waals surface area contributed by atoms with E-state index >= 15 is 0 Å². The number of nitrogens with zero attached hydrogens (tertiary/aromatic N) is 1. The van der Waals surface area contributed by atoms with Crippen molar-refractivity contribution in [2.45, 2.75) is 26.8 Å². The molecule has 0 aromatic heterocycles. The molecule has 1 heterocycles. The van der Waals surface area contributed by atoms with Crippen molar-refractivity contribution in [1.29, 1.82) is 0 Å². The number of rotatable bonds is 6. The number of primary amides is 1. The second kappa shape index (κ2) is 6.61. The molecule has 1 aliphatic heterocycles. The Kier molecular flexibility index (Phi) is 4.84. The highest BCUT2D eigenvalue weighted by molar-refractivity contribution is 5.76. The molecule has 0 aliphatic carbocycles. The van der Waals surface area contributed by atoms with Gasteiger partial charge in [-0.3, -0.25) is 9.69 Å². The van der Waals surface area contributed by atoms with Crippen molar-refractivity contribution in [2.75, 3.05) is 26.3 Å². The smallest absolute Gasteiger partial charge is 0.231 e. The summed E-state index contributed by atoms with van der Waals surface area (Å²) in [6.07, 6.45) is 0.898. The minimum absolute atomic E-state index is 0.288. The van der Waals surface area contributed by atoms with Gasteiger partial charge in [0.15, 0.2) is 11.5 Å². The molecule has 0 unspecified atom stereocenters. The highest BCUT2D eigenvalue weighted by Gasteiger charge is 2.20. The number of hydrogen-bond acceptors (Lipinski definition) is 4. The summed E-state index contributed by atoms with van der Waals surface area (Å²) in [5.41, 5.74) is 7.71. The van der Waals surface area contributed by atoms with Crippen molar-refractivity contribution in [3.63, 3.8) is 0 Å². The summed E-state index contributed by atoms with van der Waals surface area (Å²) in [4.78, 5) is 13.1. The largest absolute Gasteiger partial charge is 0.490 e. The Labute approximate surface area is 119 Å². The van der Waals surface area contributed by atoms with Crippen LogP contribution in [-0.2, 0) is 17.8 Å². The fraction of sp³-hybridized carbons (Fsp3) is 0.533. The Morgan fingerprint density at radius 1 is 1.20 bits per heavy atom. The summed E-state index contributed by atoms with van der Waals surface area (Å²) in [5, 5.41) is 0. The van der Waals surface area contributed by atoms with Crippen molar-refractivity contribution < 1.29 is 14.3 Å². The average molecular weight is 278 g/mol. The minimum Gasteiger partial charge on any atom is -0.490 e. The van der Waals surface area contributed by atoms with Crippen LogP contribution >= 0.6 is 0 Å². The third kappa shape index (κ3) is 3.42. The van der Waals surface area contributed by atoms with Gasteiger partial charge in [-0.15, -0.1) is 0 Å². The van der Waals surface area contributed by atoms with Crippen LogP contribution < -0.4 is 15.2 Å². The number of benzene rings is 1. The van der Waals surface area contributed by atoms with E-state index in [0.29, 0.717) is 19.8 Å². The predicted molar refractivity (Wildman–Crippen MR) is 77.0 cm³/mol. The van der Waals surface area contributed by atoms with Gasteiger partial charge in [-0.05, 0) is 43.5 Å². The first-order valence-corrected chi connectivity index (χ1v) is 7.06. The first-order valence-electron chi connectivity index (χ1n) is 7.06. The zero-order valence-electron chi connectivity index (χ0n) is 12.1. The molecule has 1 aliphatic rings. The monoisotopic (exact) mass is 278 g/mol. The molecule has 1 amide bonds. The van der Waals surface area contributed by atoms with Gasteiger partial charge in [-0.1, -0.05) is 0 Å². The summed E-state index contributed by atoms with van der Waals surface area (Å²) in [6, 6.07) is 4.09. The lowest BCUT2D eigenvalue weighted by Crippen LogP contribution is -2.37. The SMILES string of the molecule is CCOc1cc2c(cc1OCC)CN(CC(N)=O)CC2. The summed E-state index contributed by atoms with van der Waals surface area (Å²) in [5.74, 6) is 1.29. The van der Waals surface area contributed by atoms with Crippen LogP contribution in [-0.4, -0.2) is 37.1 Å². The molecule has 5 nitrogen and oxygen atoms in total. The number of ether oxygens (including phenoxy) is 2. The minimum atomic E-state index is -0.288. The second-order valence-electron chi connectivity index (χ2n) is 4.86. The number of hydrogen-bond donors (Lipinski definition) is 1. The number of amides is 1. The van der Waals surface area contributed by atoms with Crippen molar-refractivity contribution in [1.82, 2.24) is 4.90 Å². The fourth-order valence-electron chi connectivity index (χ4n) is 2.51. The molecule has 0 saturated carbocycles. The van der Waals surface area contributed by atoms with Crippen molar-refractivity contribution >= 4 is 5.91 Å². The average Bonchev–Trinajstić information content (AvgIpc) is 2.39. The Hall–Kier alpha value is -1.75. The summed E-state index contributed by atoms with van der Waals surface area (Å²) in [6.45, 7) is 7.01. The molecule has 1 aromatic rings. The molecule has 110 valence electrons. The van der Waals surface area contributed by atoms with Crippen LogP contribution in [0, 0.1) is 0 Å². The van der Waals surface area contributed by atoms with E-state index in [0.717, 1.165) is 31.0 Å². The molecule has 5 heteroatoms. The van der Waals surface area contributed by atoms with E-state index in [4.69, 9.17) is 15.2 Å². The van der Waals surface area contributed by atoms with Crippen LogP contribution in [0.15, 0.2) is 12.1 Å². The van der Waals surface area contributed by atoms with Crippen LogP contribution in [0.2, 0.25) is 0 Å². The number of fused-ring (bicyclic) bond motifs is 1. The lowest BCUT2D eigenvalue weighted by Gasteiger charge is -2.28. The molecule has 0 atom stereocenters. The Morgan fingerprint density at radius 2 is 1.80 bits per heavy atom. The van der Waals surface area contributed by atoms with Crippen LogP contribution in [0.25, 0.3) is 0 Å². The van der Waals surface area contributed by atoms with E-state index in [1.54, 1.807) is 0 Å². The Bertz CT molecular complexity index is 488. The highest BCUT2D eigenvalue weighted by Crippen LogP contribution is 2.33. The van der Waals surface area contributed by atoms with E-state index in [1.807, 2.05) is 19.9 Å².